The number of hydrogen-bond acceptors (Lipinski definition) is 2. The van der Waals surface area contributed by atoms with Crippen molar-refractivity contribution in [1.82, 2.24) is 19.1 Å². The molecule has 1 aliphatic heterocycles. The van der Waals surface area contributed by atoms with Crippen molar-refractivity contribution in [2.24, 2.45) is 0 Å². The number of piperidine rings is 1. The molecule has 5 rings (SSSR count). The molecule has 0 bridgehead atoms. The summed E-state index contributed by atoms with van der Waals surface area (Å²) in [6.45, 7) is 1.75. The summed E-state index contributed by atoms with van der Waals surface area (Å²) < 4.78 is 4.33. The van der Waals surface area contributed by atoms with Crippen LogP contribution in [0.25, 0.3) is 16.9 Å². The fourth-order valence-electron chi connectivity index (χ4n) is 4.75. The van der Waals surface area contributed by atoms with Crippen molar-refractivity contribution in [2.75, 3.05) is 13.1 Å². The van der Waals surface area contributed by atoms with Gasteiger partial charge in [-0.25, -0.2) is 0 Å². The predicted molar refractivity (Wildman–Crippen MR) is 106 cm³/mol. The van der Waals surface area contributed by atoms with Crippen LogP contribution in [0.15, 0.2) is 42.7 Å². The van der Waals surface area contributed by atoms with Gasteiger partial charge >= 0.3 is 0 Å². The van der Waals surface area contributed by atoms with Crippen molar-refractivity contribution in [3.63, 3.8) is 0 Å². The normalized spacial score (nSPS) is 18.4. The van der Waals surface area contributed by atoms with Gasteiger partial charge in [0, 0.05) is 25.5 Å². The lowest BCUT2D eigenvalue weighted by Gasteiger charge is -2.26. The highest BCUT2D eigenvalue weighted by molar-refractivity contribution is 6.02. The number of carbonyl (C=O) groups excluding carboxylic acids is 1. The fourth-order valence-corrected chi connectivity index (χ4v) is 4.75. The lowest BCUT2D eigenvalue weighted by molar-refractivity contribution is 0.0726. The van der Waals surface area contributed by atoms with Crippen LogP contribution in [0.1, 0.15) is 61.3 Å². The second-order valence-corrected chi connectivity index (χ2v) is 7.85. The fraction of sp³-hybridized carbons (Fsp3) is 0.455. The maximum absolute atomic E-state index is 13.2. The molecule has 140 valence electrons. The van der Waals surface area contributed by atoms with Crippen LogP contribution in [0, 0.1) is 0 Å². The molecule has 3 aromatic rings. The van der Waals surface area contributed by atoms with Gasteiger partial charge in [0.1, 0.15) is 0 Å². The van der Waals surface area contributed by atoms with E-state index >= 15 is 0 Å². The third-order valence-corrected chi connectivity index (χ3v) is 6.15. The van der Waals surface area contributed by atoms with Crippen LogP contribution in [0.2, 0.25) is 0 Å². The van der Waals surface area contributed by atoms with Gasteiger partial charge in [0.25, 0.3) is 5.91 Å². The van der Waals surface area contributed by atoms with Crippen LogP contribution in [0.4, 0.5) is 0 Å². The monoisotopic (exact) mass is 362 g/mol. The average molecular weight is 362 g/mol. The largest absolute Gasteiger partial charge is 0.339 e. The van der Waals surface area contributed by atoms with Crippen molar-refractivity contribution in [3.05, 3.63) is 48.3 Å². The summed E-state index contributed by atoms with van der Waals surface area (Å²) in [7, 11) is 0. The Bertz CT molecular complexity index is 958. The van der Waals surface area contributed by atoms with Crippen LogP contribution in [-0.2, 0) is 0 Å². The molecular formula is C22H26N4O. The van der Waals surface area contributed by atoms with Crippen LogP contribution in [0.5, 0.6) is 0 Å². The average Bonchev–Trinajstić information content (AvgIpc) is 3.46. The van der Waals surface area contributed by atoms with Gasteiger partial charge in [-0.2, -0.15) is 5.10 Å². The molecule has 4 heterocycles. The third kappa shape index (κ3) is 2.85. The zero-order valence-corrected chi connectivity index (χ0v) is 15.7. The third-order valence-electron chi connectivity index (χ3n) is 6.15. The molecule has 2 fully saturated rings. The summed E-state index contributed by atoms with van der Waals surface area (Å²) in [5.74, 6) is 0.164. The Morgan fingerprint density at radius 1 is 0.963 bits per heavy atom. The molecule has 1 aliphatic carbocycles. The topological polar surface area (TPSA) is 42.5 Å². The standard InChI is InChI=1S/C22H26N4O/c27-22(24-13-5-1-6-14-24)18-16-21(25-15-7-4-10-19(18)25)20-11-12-23-26(20)17-8-2-3-9-17/h4,7,10-12,15-17H,1-3,5-6,8-9,13-14H2. The molecule has 1 saturated heterocycles. The lowest BCUT2D eigenvalue weighted by atomic mass is 10.1. The molecular weight excluding hydrogens is 336 g/mol. The van der Waals surface area contributed by atoms with E-state index in [0.29, 0.717) is 6.04 Å². The van der Waals surface area contributed by atoms with Gasteiger partial charge in [0.15, 0.2) is 0 Å². The highest BCUT2D eigenvalue weighted by Crippen LogP contribution is 2.34. The van der Waals surface area contributed by atoms with E-state index in [2.05, 4.69) is 38.6 Å². The summed E-state index contributed by atoms with van der Waals surface area (Å²) >= 11 is 0. The minimum absolute atomic E-state index is 0.164. The van der Waals surface area contributed by atoms with Crippen molar-refractivity contribution in [2.45, 2.75) is 51.0 Å². The lowest BCUT2D eigenvalue weighted by Crippen LogP contribution is -2.35. The SMILES string of the molecule is O=C(c1cc(-c2ccnn2C2CCCC2)n2ccccc12)N1CCCCC1. The molecule has 27 heavy (non-hydrogen) atoms. The highest BCUT2D eigenvalue weighted by Gasteiger charge is 2.25. The number of amides is 1. The number of rotatable bonds is 3. The Hall–Kier alpha value is -2.56. The molecule has 1 amide bonds. The minimum atomic E-state index is 0.164. The van der Waals surface area contributed by atoms with E-state index in [0.717, 1.165) is 48.4 Å². The minimum Gasteiger partial charge on any atom is -0.339 e. The summed E-state index contributed by atoms with van der Waals surface area (Å²) in [5.41, 5.74) is 3.98. The van der Waals surface area contributed by atoms with E-state index < -0.39 is 0 Å². The van der Waals surface area contributed by atoms with Crippen molar-refractivity contribution < 1.29 is 4.79 Å². The number of hydrogen-bond donors (Lipinski definition) is 0. The van der Waals surface area contributed by atoms with E-state index in [9.17, 15) is 4.79 Å². The zero-order valence-electron chi connectivity index (χ0n) is 15.7. The number of likely N-dealkylation sites (tertiary alicyclic amines) is 1. The number of carbonyl (C=O) groups is 1. The van der Waals surface area contributed by atoms with Crippen molar-refractivity contribution in [1.29, 1.82) is 0 Å². The Morgan fingerprint density at radius 2 is 1.78 bits per heavy atom. The molecule has 1 saturated carbocycles. The first kappa shape index (κ1) is 16.6. The van der Waals surface area contributed by atoms with E-state index in [1.807, 2.05) is 23.2 Å². The van der Waals surface area contributed by atoms with E-state index in [1.54, 1.807) is 0 Å². The summed E-state index contributed by atoms with van der Waals surface area (Å²) in [6, 6.07) is 10.7. The molecule has 0 spiro atoms. The van der Waals surface area contributed by atoms with E-state index in [1.165, 1.54) is 32.1 Å². The van der Waals surface area contributed by atoms with E-state index in [-0.39, 0.29) is 5.91 Å². The first-order chi connectivity index (χ1) is 13.3. The maximum atomic E-state index is 13.2. The van der Waals surface area contributed by atoms with Gasteiger partial charge in [-0.1, -0.05) is 18.9 Å². The second kappa shape index (κ2) is 6.87. The first-order valence-corrected chi connectivity index (χ1v) is 10.3. The first-order valence-electron chi connectivity index (χ1n) is 10.3. The van der Waals surface area contributed by atoms with E-state index in [4.69, 9.17) is 0 Å². The molecule has 5 nitrogen and oxygen atoms in total. The molecule has 0 unspecified atom stereocenters. The Balaban J connectivity index is 1.60. The van der Waals surface area contributed by atoms with Gasteiger partial charge in [0.2, 0.25) is 0 Å². The van der Waals surface area contributed by atoms with Gasteiger partial charge in [-0.05, 0) is 56.4 Å². The number of aromatic nitrogens is 3. The maximum Gasteiger partial charge on any atom is 0.256 e. The molecule has 5 heteroatoms. The Morgan fingerprint density at radius 3 is 2.59 bits per heavy atom. The highest BCUT2D eigenvalue weighted by atomic mass is 16.2. The van der Waals surface area contributed by atoms with Crippen LogP contribution in [0.3, 0.4) is 0 Å². The van der Waals surface area contributed by atoms with Crippen LogP contribution in [-0.4, -0.2) is 38.1 Å². The molecule has 0 N–H and O–H groups in total. The summed E-state index contributed by atoms with van der Waals surface area (Å²) in [4.78, 5) is 15.2. The van der Waals surface area contributed by atoms with Gasteiger partial charge in [-0.3, -0.25) is 9.48 Å². The van der Waals surface area contributed by atoms with Gasteiger partial charge < -0.3 is 9.30 Å². The number of pyridine rings is 1. The molecule has 0 atom stereocenters. The molecule has 2 aliphatic rings. The summed E-state index contributed by atoms with van der Waals surface area (Å²) in [6.07, 6.45) is 12.3. The molecule has 3 aromatic heterocycles. The summed E-state index contributed by atoms with van der Waals surface area (Å²) in [5, 5.41) is 4.63. The van der Waals surface area contributed by atoms with Crippen molar-refractivity contribution >= 4 is 11.4 Å². The second-order valence-electron chi connectivity index (χ2n) is 7.85. The Kier molecular flexibility index (Phi) is 4.23. The van der Waals surface area contributed by atoms with Gasteiger partial charge in [0.05, 0.1) is 28.5 Å². The van der Waals surface area contributed by atoms with Crippen molar-refractivity contribution in [3.8, 4) is 11.4 Å². The molecule has 0 aromatic carbocycles. The quantitative estimate of drug-likeness (QED) is 0.686. The van der Waals surface area contributed by atoms with Crippen LogP contribution < -0.4 is 0 Å². The van der Waals surface area contributed by atoms with Crippen LogP contribution >= 0.6 is 0 Å². The number of nitrogens with zero attached hydrogens (tertiary/aromatic N) is 4. The smallest absolute Gasteiger partial charge is 0.256 e. The Labute approximate surface area is 159 Å². The number of fused-ring (bicyclic) bond motifs is 1. The van der Waals surface area contributed by atoms with Gasteiger partial charge in [-0.15, -0.1) is 0 Å². The predicted octanol–water partition coefficient (Wildman–Crippen LogP) is 4.54. The molecule has 0 radical (unpaired) electrons. The zero-order chi connectivity index (χ0) is 18.2.